The van der Waals surface area contributed by atoms with Gasteiger partial charge in [0.25, 0.3) is 0 Å². The van der Waals surface area contributed by atoms with Gasteiger partial charge in [-0.15, -0.1) is 0 Å². The van der Waals surface area contributed by atoms with Gasteiger partial charge in [0.2, 0.25) is 0 Å². The number of halogens is 1. The summed E-state index contributed by atoms with van der Waals surface area (Å²) in [5.41, 5.74) is 0. The molecule has 1 amide bonds. The third-order valence-electron chi connectivity index (χ3n) is 7.08. The van der Waals surface area contributed by atoms with Crippen LogP contribution < -0.4 is 15.0 Å². The molecule has 2 aromatic carbocycles. The molecule has 180 valence electrons. The van der Waals surface area contributed by atoms with E-state index in [4.69, 9.17) is 20.7 Å². The molecule has 2 aliphatic rings. The molecule has 1 saturated carbocycles. The molecule has 1 aliphatic heterocycles. The molecule has 5 rings (SSSR count). The molecular formula is C26H31ClN4O2S. The Labute approximate surface area is 210 Å². The van der Waals surface area contributed by atoms with Crippen molar-refractivity contribution >= 4 is 45.1 Å². The Bertz CT molecular complexity index is 1090. The monoisotopic (exact) mass is 498 g/mol. The number of hydrogen-bond acceptors (Lipinski definition) is 6. The van der Waals surface area contributed by atoms with Gasteiger partial charge in [-0.2, -0.15) is 4.37 Å². The average molecular weight is 499 g/mol. The maximum atomic E-state index is 12.2. The van der Waals surface area contributed by atoms with Crippen molar-refractivity contribution in [1.82, 2.24) is 14.6 Å². The third kappa shape index (κ3) is 5.82. The first-order valence-electron chi connectivity index (χ1n) is 12.2. The first kappa shape index (κ1) is 23.4. The fraction of sp³-hybridized carbons (Fsp3) is 0.462. The highest BCUT2D eigenvalue weighted by molar-refractivity contribution is 7.13. The fourth-order valence-corrected chi connectivity index (χ4v) is 5.97. The van der Waals surface area contributed by atoms with Gasteiger partial charge in [0.15, 0.2) is 0 Å². The number of carbonyl (C=O) groups is 1. The van der Waals surface area contributed by atoms with Gasteiger partial charge in [-0.1, -0.05) is 23.7 Å². The minimum atomic E-state index is -0.378. The maximum Gasteiger partial charge on any atom is 0.412 e. The molecule has 0 radical (unpaired) electrons. The van der Waals surface area contributed by atoms with E-state index in [1.807, 2.05) is 0 Å². The molecule has 0 bridgehead atoms. The smallest absolute Gasteiger partial charge is 0.410 e. The number of hydrogen-bond donors (Lipinski definition) is 1. The Morgan fingerprint density at radius 3 is 2.53 bits per heavy atom. The largest absolute Gasteiger partial charge is 0.412 e. The molecule has 2 heterocycles. The second-order valence-electron chi connectivity index (χ2n) is 9.33. The van der Waals surface area contributed by atoms with Crippen LogP contribution >= 0.6 is 23.1 Å². The highest BCUT2D eigenvalue weighted by Crippen LogP contribution is 2.31. The van der Waals surface area contributed by atoms with E-state index in [2.05, 4.69) is 39.4 Å². The van der Waals surface area contributed by atoms with E-state index >= 15 is 0 Å². The van der Waals surface area contributed by atoms with Crippen molar-refractivity contribution in [2.45, 2.75) is 38.1 Å². The number of amides is 1. The summed E-state index contributed by atoms with van der Waals surface area (Å²) in [5.74, 6) is 2.41. The molecule has 0 atom stereocenters. The Balaban J connectivity index is 1.000. The summed E-state index contributed by atoms with van der Waals surface area (Å²) in [6.45, 7) is 5.44. The van der Waals surface area contributed by atoms with Crippen LogP contribution in [0.3, 0.4) is 0 Å². The van der Waals surface area contributed by atoms with Gasteiger partial charge in [-0.3, -0.25) is 4.90 Å². The molecular weight excluding hydrogens is 468 g/mol. The summed E-state index contributed by atoms with van der Waals surface area (Å²) in [5, 5.41) is 4.93. The number of rotatable bonds is 6. The molecule has 1 saturated heterocycles. The summed E-state index contributed by atoms with van der Waals surface area (Å²) in [6.07, 6.45) is 5.22. The number of benzene rings is 2. The van der Waals surface area contributed by atoms with Crippen molar-refractivity contribution in [3.05, 3.63) is 53.6 Å². The first-order valence-corrected chi connectivity index (χ1v) is 13.3. The predicted octanol–water partition coefficient (Wildman–Crippen LogP) is 5.81. The normalized spacial score (nSPS) is 21.5. The maximum absolute atomic E-state index is 12.2. The molecule has 0 unspecified atom stereocenters. The Morgan fingerprint density at radius 1 is 1.03 bits per heavy atom. The number of fused-ring (bicyclic) bond motifs is 1. The lowest BCUT2D eigenvalue weighted by atomic mass is 9.84. The van der Waals surface area contributed by atoms with E-state index in [9.17, 15) is 4.79 Å². The second-order valence-corrected chi connectivity index (χ2v) is 10.6. The molecule has 3 aromatic rings. The SMILES string of the molecule is O=C(NC1CCC(CCN2CCN(c3nsc4ccccc34)CC2)CC1)Oc1ccc(Cl)cc1. The van der Waals surface area contributed by atoms with Crippen LogP contribution in [-0.2, 0) is 0 Å². The number of anilines is 1. The fourth-order valence-electron chi connectivity index (χ4n) is 5.05. The molecule has 0 spiro atoms. The lowest BCUT2D eigenvalue weighted by Crippen LogP contribution is -2.47. The van der Waals surface area contributed by atoms with E-state index in [0.29, 0.717) is 10.8 Å². The van der Waals surface area contributed by atoms with E-state index in [1.54, 1.807) is 35.8 Å². The van der Waals surface area contributed by atoms with E-state index in [1.165, 1.54) is 16.5 Å². The van der Waals surface area contributed by atoms with Gasteiger partial charge in [-0.05, 0) is 92.5 Å². The number of aromatic nitrogens is 1. The lowest BCUT2D eigenvalue weighted by Gasteiger charge is -2.36. The summed E-state index contributed by atoms with van der Waals surface area (Å²) < 4.78 is 11.4. The summed E-state index contributed by atoms with van der Waals surface area (Å²) in [7, 11) is 0. The highest BCUT2D eigenvalue weighted by Gasteiger charge is 2.25. The standard InChI is InChI=1S/C26H31ClN4O2S/c27-20-7-11-22(12-8-20)33-26(32)28-21-9-5-19(6-10-21)13-14-30-15-17-31(18-16-30)25-23-3-1-2-4-24(23)34-29-25/h1-4,7-8,11-12,19,21H,5-6,9-10,13-18H2,(H,28,32). The molecule has 1 aliphatic carbocycles. The molecule has 1 aromatic heterocycles. The first-order chi connectivity index (χ1) is 16.6. The minimum absolute atomic E-state index is 0.201. The Hall–Kier alpha value is -2.35. The Morgan fingerprint density at radius 2 is 1.76 bits per heavy atom. The predicted molar refractivity (Wildman–Crippen MR) is 139 cm³/mol. The van der Waals surface area contributed by atoms with Crippen molar-refractivity contribution in [3.63, 3.8) is 0 Å². The van der Waals surface area contributed by atoms with Crippen LogP contribution in [0.2, 0.25) is 5.02 Å². The average Bonchev–Trinajstić information content (AvgIpc) is 3.30. The molecule has 1 N–H and O–H groups in total. The number of piperazine rings is 1. The van der Waals surface area contributed by atoms with Crippen molar-refractivity contribution in [1.29, 1.82) is 0 Å². The highest BCUT2D eigenvalue weighted by atomic mass is 35.5. The van der Waals surface area contributed by atoms with E-state index in [-0.39, 0.29) is 12.1 Å². The van der Waals surface area contributed by atoms with Crippen molar-refractivity contribution in [2.75, 3.05) is 37.6 Å². The van der Waals surface area contributed by atoms with Crippen LogP contribution in [0, 0.1) is 5.92 Å². The zero-order valence-corrected chi connectivity index (χ0v) is 20.9. The van der Waals surface area contributed by atoms with E-state index < -0.39 is 0 Å². The van der Waals surface area contributed by atoms with Crippen molar-refractivity contribution in [3.8, 4) is 5.75 Å². The second kappa shape index (κ2) is 10.9. The van der Waals surface area contributed by atoms with Crippen LogP contribution in [0.15, 0.2) is 48.5 Å². The van der Waals surface area contributed by atoms with Gasteiger partial charge in [0.05, 0.1) is 4.70 Å². The zero-order chi connectivity index (χ0) is 23.3. The van der Waals surface area contributed by atoms with Gasteiger partial charge in [-0.25, -0.2) is 4.79 Å². The zero-order valence-electron chi connectivity index (χ0n) is 19.3. The molecule has 34 heavy (non-hydrogen) atoms. The number of carbonyl (C=O) groups excluding carboxylic acids is 1. The van der Waals surface area contributed by atoms with Crippen LogP contribution in [0.4, 0.5) is 10.6 Å². The van der Waals surface area contributed by atoms with Gasteiger partial charge >= 0.3 is 6.09 Å². The Kier molecular flexibility index (Phi) is 7.52. The van der Waals surface area contributed by atoms with Crippen LogP contribution in [0.25, 0.3) is 10.1 Å². The van der Waals surface area contributed by atoms with E-state index in [0.717, 1.165) is 70.1 Å². The summed E-state index contributed by atoms with van der Waals surface area (Å²) in [6, 6.07) is 15.6. The van der Waals surface area contributed by atoms with Crippen molar-refractivity contribution in [2.24, 2.45) is 5.92 Å². The van der Waals surface area contributed by atoms with Gasteiger partial charge in [0, 0.05) is 42.6 Å². The topological polar surface area (TPSA) is 57.7 Å². The summed E-state index contributed by atoms with van der Waals surface area (Å²) in [4.78, 5) is 17.2. The van der Waals surface area contributed by atoms with Gasteiger partial charge in [0.1, 0.15) is 11.6 Å². The van der Waals surface area contributed by atoms with Crippen LogP contribution in [0.5, 0.6) is 5.75 Å². The third-order valence-corrected chi connectivity index (χ3v) is 8.15. The lowest BCUT2D eigenvalue weighted by molar-refractivity contribution is 0.182. The number of ether oxygens (including phenoxy) is 1. The minimum Gasteiger partial charge on any atom is -0.410 e. The molecule has 6 nitrogen and oxygen atoms in total. The van der Waals surface area contributed by atoms with Crippen molar-refractivity contribution < 1.29 is 9.53 Å². The quantitative estimate of drug-likeness (QED) is 0.464. The van der Waals surface area contributed by atoms with Crippen LogP contribution in [0.1, 0.15) is 32.1 Å². The molecule has 2 fully saturated rings. The summed E-state index contributed by atoms with van der Waals surface area (Å²) >= 11 is 7.47. The van der Waals surface area contributed by atoms with Crippen LogP contribution in [-0.4, -0.2) is 54.1 Å². The van der Waals surface area contributed by atoms with Gasteiger partial charge < -0.3 is 15.0 Å². The molecule has 8 heteroatoms. The number of nitrogens with zero attached hydrogens (tertiary/aromatic N) is 3. The number of nitrogens with one attached hydrogen (secondary N) is 1.